The van der Waals surface area contributed by atoms with E-state index in [0.29, 0.717) is 17.8 Å². The number of hydrogen-bond acceptors (Lipinski definition) is 5. The Morgan fingerprint density at radius 3 is 2.87 bits per heavy atom. The van der Waals surface area contributed by atoms with Crippen LogP contribution in [0.5, 0.6) is 0 Å². The minimum Gasteiger partial charge on any atom is -0.480 e. The molecule has 1 aliphatic carbocycles. The van der Waals surface area contributed by atoms with E-state index in [9.17, 15) is 4.79 Å². The van der Waals surface area contributed by atoms with Crippen molar-refractivity contribution in [3.05, 3.63) is 59.8 Å². The molecule has 7 nitrogen and oxygen atoms in total. The maximum atomic E-state index is 10.8. The Morgan fingerprint density at radius 1 is 1.23 bits per heavy atom. The van der Waals surface area contributed by atoms with Crippen LogP contribution in [0.3, 0.4) is 0 Å². The minimum atomic E-state index is -0.955. The highest BCUT2D eigenvalue weighted by molar-refractivity contribution is 5.84. The number of fused-ring (bicyclic) bond motifs is 2. The second-order valence-electron chi connectivity index (χ2n) is 8.16. The van der Waals surface area contributed by atoms with E-state index in [1.54, 1.807) is 0 Å². The molecule has 0 spiro atoms. The third kappa shape index (κ3) is 3.61. The monoisotopic (exact) mass is 417 g/mol. The lowest BCUT2D eigenvalue weighted by atomic mass is 10.1. The van der Waals surface area contributed by atoms with Gasteiger partial charge in [-0.1, -0.05) is 17.3 Å². The number of benzene rings is 2. The van der Waals surface area contributed by atoms with Crippen molar-refractivity contribution >= 4 is 16.9 Å². The first-order valence-electron chi connectivity index (χ1n) is 10.4. The molecular weight excluding hydrogens is 394 g/mol. The first-order chi connectivity index (χ1) is 15.0. The summed E-state index contributed by atoms with van der Waals surface area (Å²) in [5, 5.41) is 14.2. The molecule has 0 amide bonds. The van der Waals surface area contributed by atoms with Gasteiger partial charge < -0.3 is 18.9 Å². The molecule has 5 rings (SSSR count). The van der Waals surface area contributed by atoms with Crippen molar-refractivity contribution in [3.8, 4) is 22.8 Å². The molecule has 2 aromatic heterocycles. The van der Waals surface area contributed by atoms with Gasteiger partial charge in [0.15, 0.2) is 0 Å². The van der Waals surface area contributed by atoms with E-state index in [-0.39, 0.29) is 12.7 Å². The van der Waals surface area contributed by atoms with E-state index in [0.717, 1.165) is 40.5 Å². The van der Waals surface area contributed by atoms with Crippen molar-refractivity contribution in [2.75, 3.05) is 6.61 Å². The molecule has 31 heavy (non-hydrogen) atoms. The summed E-state index contributed by atoms with van der Waals surface area (Å²) < 4.78 is 13.3. The lowest BCUT2D eigenvalue weighted by Crippen LogP contribution is -2.10. The molecule has 158 valence electrons. The number of nitrogens with zero attached hydrogens (tertiary/aromatic N) is 3. The highest BCUT2D eigenvalue weighted by atomic mass is 16.5. The van der Waals surface area contributed by atoms with Gasteiger partial charge in [0.2, 0.25) is 5.82 Å². The summed E-state index contributed by atoms with van der Waals surface area (Å²) >= 11 is 0. The lowest BCUT2D eigenvalue weighted by Gasteiger charge is -2.11. The van der Waals surface area contributed by atoms with Crippen LogP contribution in [0.1, 0.15) is 43.5 Å². The van der Waals surface area contributed by atoms with Crippen LogP contribution < -0.4 is 0 Å². The predicted octanol–water partition coefficient (Wildman–Crippen LogP) is 5.03. The van der Waals surface area contributed by atoms with Gasteiger partial charge in [0.05, 0.1) is 6.10 Å². The van der Waals surface area contributed by atoms with E-state index in [2.05, 4.69) is 53.0 Å². The summed E-state index contributed by atoms with van der Waals surface area (Å²) in [6.45, 7) is 4.04. The SMILES string of the molecule is CC(C)n1ccc2cc(-c3nc(-c4ccc5c(c4)CCC5OCC(=O)O)no3)ccc21. The third-order valence-corrected chi connectivity index (χ3v) is 5.78. The van der Waals surface area contributed by atoms with Gasteiger partial charge in [0, 0.05) is 34.3 Å². The summed E-state index contributed by atoms with van der Waals surface area (Å²) in [5.74, 6) is 0.0632. The van der Waals surface area contributed by atoms with Crippen molar-refractivity contribution in [1.29, 1.82) is 0 Å². The number of carboxylic acids is 1. The molecule has 1 unspecified atom stereocenters. The second kappa shape index (κ2) is 7.67. The van der Waals surface area contributed by atoms with Crippen molar-refractivity contribution in [3.63, 3.8) is 0 Å². The van der Waals surface area contributed by atoms with E-state index >= 15 is 0 Å². The molecule has 4 aromatic rings. The number of hydrogen-bond donors (Lipinski definition) is 1. The van der Waals surface area contributed by atoms with Crippen molar-refractivity contribution in [2.24, 2.45) is 0 Å². The van der Waals surface area contributed by atoms with Crippen LogP contribution in [-0.2, 0) is 16.0 Å². The average molecular weight is 417 g/mol. The fourth-order valence-corrected chi connectivity index (χ4v) is 4.27. The van der Waals surface area contributed by atoms with E-state index in [1.165, 1.54) is 5.52 Å². The zero-order valence-corrected chi connectivity index (χ0v) is 17.4. The Balaban J connectivity index is 1.40. The molecule has 1 aliphatic rings. The van der Waals surface area contributed by atoms with Gasteiger partial charge in [-0.3, -0.25) is 0 Å². The van der Waals surface area contributed by atoms with Crippen LogP contribution in [0.15, 0.2) is 53.2 Å². The topological polar surface area (TPSA) is 90.4 Å². The molecule has 0 saturated carbocycles. The standard InChI is InChI=1S/C24H23N3O4/c1-14(2)27-10-9-16-12-18(4-7-20(16)27)24-25-23(26-31-24)17-3-6-19-15(11-17)5-8-21(19)30-13-22(28)29/h3-4,6-7,9-12,14,21H,5,8,13H2,1-2H3,(H,28,29). The fraction of sp³-hybridized carbons (Fsp3) is 0.292. The van der Waals surface area contributed by atoms with Gasteiger partial charge in [-0.05, 0) is 68.1 Å². The molecule has 1 N–H and O–H groups in total. The number of carbonyl (C=O) groups is 1. The Morgan fingerprint density at radius 2 is 2.06 bits per heavy atom. The first-order valence-corrected chi connectivity index (χ1v) is 10.4. The Hall–Kier alpha value is -3.45. The largest absolute Gasteiger partial charge is 0.480 e. The smallest absolute Gasteiger partial charge is 0.329 e. The predicted molar refractivity (Wildman–Crippen MR) is 116 cm³/mol. The highest BCUT2D eigenvalue weighted by Crippen LogP contribution is 2.36. The third-order valence-electron chi connectivity index (χ3n) is 5.78. The summed E-state index contributed by atoms with van der Waals surface area (Å²) in [7, 11) is 0. The highest BCUT2D eigenvalue weighted by Gasteiger charge is 2.25. The number of aromatic nitrogens is 3. The summed E-state index contributed by atoms with van der Waals surface area (Å²) in [4.78, 5) is 15.4. The molecule has 0 fully saturated rings. The van der Waals surface area contributed by atoms with Gasteiger partial charge in [0.1, 0.15) is 6.61 Å². The number of aliphatic carboxylic acids is 1. The fourth-order valence-electron chi connectivity index (χ4n) is 4.27. The zero-order chi connectivity index (χ0) is 21.5. The molecular formula is C24H23N3O4. The Labute approximate surface area is 179 Å². The quantitative estimate of drug-likeness (QED) is 0.473. The van der Waals surface area contributed by atoms with Crippen LogP contribution in [-0.4, -0.2) is 32.4 Å². The van der Waals surface area contributed by atoms with Gasteiger partial charge in [0.25, 0.3) is 5.89 Å². The normalized spacial score (nSPS) is 15.6. The molecule has 2 heterocycles. The molecule has 2 aromatic carbocycles. The Kier molecular flexibility index (Phi) is 4.82. The number of carboxylic acid groups (broad SMARTS) is 1. The van der Waals surface area contributed by atoms with E-state index in [4.69, 9.17) is 14.4 Å². The van der Waals surface area contributed by atoms with E-state index in [1.807, 2.05) is 24.3 Å². The van der Waals surface area contributed by atoms with Crippen molar-refractivity contribution in [1.82, 2.24) is 14.7 Å². The van der Waals surface area contributed by atoms with Gasteiger partial charge >= 0.3 is 5.97 Å². The van der Waals surface area contributed by atoms with Crippen LogP contribution >= 0.6 is 0 Å². The molecule has 0 saturated heterocycles. The molecule has 0 aliphatic heterocycles. The molecule has 1 atom stereocenters. The van der Waals surface area contributed by atoms with Gasteiger partial charge in [-0.2, -0.15) is 4.98 Å². The average Bonchev–Trinajstić information content (AvgIpc) is 3.48. The summed E-state index contributed by atoms with van der Waals surface area (Å²) in [5.41, 5.74) is 5.11. The lowest BCUT2D eigenvalue weighted by molar-refractivity contribution is -0.144. The summed E-state index contributed by atoms with van der Waals surface area (Å²) in [6, 6.07) is 14.6. The maximum absolute atomic E-state index is 10.8. The minimum absolute atomic E-state index is 0.175. The van der Waals surface area contributed by atoms with Crippen LogP contribution in [0, 0.1) is 0 Å². The van der Waals surface area contributed by atoms with E-state index < -0.39 is 5.97 Å². The van der Waals surface area contributed by atoms with Crippen LogP contribution in [0.25, 0.3) is 33.7 Å². The second-order valence-corrected chi connectivity index (χ2v) is 8.16. The first kappa shape index (κ1) is 19.5. The van der Waals surface area contributed by atoms with Crippen molar-refractivity contribution < 1.29 is 19.2 Å². The number of ether oxygens (including phenoxy) is 1. The maximum Gasteiger partial charge on any atom is 0.329 e. The van der Waals surface area contributed by atoms with Gasteiger partial charge in [-0.15, -0.1) is 0 Å². The number of rotatable bonds is 6. The van der Waals surface area contributed by atoms with Crippen LogP contribution in [0.4, 0.5) is 0 Å². The summed E-state index contributed by atoms with van der Waals surface area (Å²) in [6.07, 6.45) is 3.53. The molecule has 0 radical (unpaired) electrons. The molecule has 7 heteroatoms. The number of aryl methyl sites for hydroxylation is 1. The zero-order valence-electron chi connectivity index (χ0n) is 17.4. The Bertz CT molecular complexity index is 1270. The van der Waals surface area contributed by atoms with Gasteiger partial charge in [-0.25, -0.2) is 4.79 Å². The molecule has 0 bridgehead atoms. The van der Waals surface area contributed by atoms with Crippen molar-refractivity contribution in [2.45, 2.75) is 38.8 Å². The van der Waals surface area contributed by atoms with Crippen LogP contribution in [0.2, 0.25) is 0 Å².